The van der Waals surface area contributed by atoms with Crippen molar-refractivity contribution in [3.05, 3.63) is 65.5 Å². The van der Waals surface area contributed by atoms with E-state index in [0.29, 0.717) is 17.9 Å². The Labute approximate surface area is 125 Å². The van der Waals surface area contributed by atoms with Crippen LogP contribution in [0.25, 0.3) is 0 Å². The molecule has 21 heavy (non-hydrogen) atoms. The molecule has 0 aromatic heterocycles. The molecule has 0 aliphatic rings. The van der Waals surface area contributed by atoms with E-state index in [9.17, 15) is 4.39 Å². The zero-order chi connectivity index (χ0) is 15.1. The van der Waals surface area contributed by atoms with Crippen LogP contribution in [0.4, 0.5) is 4.39 Å². The minimum atomic E-state index is -0.235. The maximum atomic E-state index is 13.6. The highest BCUT2D eigenvalue weighted by Gasteiger charge is 2.13. The third-order valence-corrected chi connectivity index (χ3v) is 3.51. The fourth-order valence-corrected chi connectivity index (χ4v) is 2.25. The lowest BCUT2D eigenvalue weighted by molar-refractivity contribution is 0.190. The average Bonchev–Trinajstić information content (AvgIpc) is 2.51. The number of aryl methyl sites for hydroxylation is 1. The van der Waals surface area contributed by atoms with Crippen LogP contribution in [0.3, 0.4) is 0 Å². The Kier molecular flexibility index (Phi) is 5.76. The first-order valence-corrected chi connectivity index (χ1v) is 7.38. The summed E-state index contributed by atoms with van der Waals surface area (Å²) in [7, 11) is 0. The summed E-state index contributed by atoms with van der Waals surface area (Å²) < 4.78 is 19.6. The van der Waals surface area contributed by atoms with Gasteiger partial charge in [0.25, 0.3) is 0 Å². The molecule has 112 valence electrons. The number of unbranched alkanes of at least 4 members (excludes halogenated alkanes) is 1. The first-order valence-electron chi connectivity index (χ1n) is 7.38. The van der Waals surface area contributed by atoms with Gasteiger partial charge in [-0.2, -0.15) is 0 Å². The Bertz CT molecular complexity index is 556. The molecule has 0 saturated heterocycles. The van der Waals surface area contributed by atoms with Gasteiger partial charge in [0, 0.05) is 6.07 Å². The molecule has 0 bridgehead atoms. The predicted octanol–water partition coefficient (Wildman–Crippen LogP) is 4.38. The van der Waals surface area contributed by atoms with Gasteiger partial charge >= 0.3 is 0 Å². The van der Waals surface area contributed by atoms with Gasteiger partial charge in [0.2, 0.25) is 0 Å². The van der Waals surface area contributed by atoms with Crippen molar-refractivity contribution in [3.8, 4) is 5.75 Å². The number of ether oxygens (including phenoxy) is 1. The first kappa shape index (κ1) is 15.5. The molecule has 3 heteroatoms. The van der Waals surface area contributed by atoms with Crippen molar-refractivity contribution in [2.45, 2.75) is 32.3 Å². The Morgan fingerprint density at radius 3 is 2.52 bits per heavy atom. The fourth-order valence-electron chi connectivity index (χ4n) is 2.25. The molecule has 0 aliphatic heterocycles. The lowest BCUT2D eigenvalue weighted by Crippen LogP contribution is -2.09. The molecule has 0 amide bonds. The van der Waals surface area contributed by atoms with Crippen molar-refractivity contribution in [2.75, 3.05) is 6.54 Å². The molecule has 0 aliphatic carbocycles. The van der Waals surface area contributed by atoms with Crippen molar-refractivity contribution in [1.29, 1.82) is 0 Å². The number of hydrogen-bond acceptors (Lipinski definition) is 2. The zero-order valence-electron chi connectivity index (χ0n) is 12.4. The van der Waals surface area contributed by atoms with Gasteiger partial charge < -0.3 is 10.5 Å². The SMILES string of the molecule is Cc1ccc(OC(CCCCN)c2ccccc2)cc1F. The number of halogens is 1. The van der Waals surface area contributed by atoms with Crippen molar-refractivity contribution in [2.24, 2.45) is 5.73 Å². The third kappa shape index (κ3) is 4.57. The minimum absolute atomic E-state index is 0.0696. The lowest BCUT2D eigenvalue weighted by atomic mass is 10.0. The maximum Gasteiger partial charge on any atom is 0.129 e. The number of nitrogens with two attached hydrogens (primary N) is 1. The first-order chi connectivity index (χ1) is 10.2. The molecular formula is C18H22FNO. The van der Waals surface area contributed by atoms with E-state index < -0.39 is 0 Å². The highest BCUT2D eigenvalue weighted by Crippen LogP contribution is 2.27. The summed E-state index contributed by atoms with van der Waals surface area (Å²) in [6.07, 6.45) is 2.76. The van der Waals surface area contributed by atoms with Gasteiger partial charge in [-0.05, 0) is 49.9 Å². The summed E-state index contributed by atoms with van der Waals surface area (Å²) in [6.45, 7) is 2.43. The van der Waals surface area contributed by atoms with E-state index in [1.807, 2.05) is 36.4 Å². The molecule has 0 spiro atoms. The quantitative estimate of drug-likeness (QED) is 0.767. The normalized spacial score (nSPS) is 12.1. The summed E-state index contributed by atoms with van der Waals surface area (Å²) in [6, 6.07) is 15.0. The van der Waals surface area contributed by atoms with E-state index in [1.165, 1.54) is 6.07 Å². The number of benzene rings is 2. The van der Waals surface area contributed by atoms with Gasteiger partial charge in [-0.25, -0.2) is 4.39 Å². The molecular weight excluding hydrogens is 265 g/mol. The van der Waals surface area contributed by atoms with Crippen molar-refractivity contribution in [1.82, 2.24) is 0 Å². The highest BCUT2D eigenvalue weighted by molar-refractivity contribution is 5.29. The van der Waals surface area contributed by atoms with Gasteiger partial charge in [0.05, 0.1) is 0 Å². The van der Waals surface area contributed by atoms with Gasteiger partial charge in [-0.3, -0.25) is 0 Å². The second kappa shape index (κ2) is 7.79. The fraction of sp³-hybridized carbons (Fsp3) is 0.333. The van der Waals surface area contributed by atoms with Gasteiger partial charge in [-0.1, -0.05) is 36.4 Å². The second-order valence-electron chi connectivity index (χ2n) is 5.21. The molecule has 1 atom stereocenters. The van der Waals surface area contributed by atoms with E-state index in [1.54, 1.807) is 13.0 Å². The van der Waals surface area contributed by atoms with E-state index in [0.717, 1.165) is 24.8 Å². The molecule has 0 saturated carbocycles. The molecule has 2 aromatic carbocycles. The van der Waals surface area contributed by atoms with Crippen LogP contribution in [0.1, 0.15) is 36.5 Å². The summed E-state index contributed by atoms with van der Waals surface area (Å²) in [4.78, 5) is 0. The van der Waals surface area contributed by atoms with Crippen LogP contribution >= 0.6 is 0 Å². The Hall–Kier alpha value is -1.87. The average molecular weight is 287 g/mol. The van der Waals surface area contributed by atoms with Gasteiger partial charge in [0.1, 0.15) is 17.7 Å². The largest absolute Gasteiger partial charge is 0.486 e. The monoisotopic (exact) mass is 287 g/mol. The predicted molar refractivity (Wildman–Crippen MR) is 83.9 cm³/mol. The summed E-state index contributed by atoms with van der Waals surface area (Å²) in [5, 5.41) is 0. The van der Waals surface area contributed by atoms with E-state index in [4.69, 9.17) is 10.5 Å². The van der Waals surface area contributed by atoms with Crippen LogP contribution in [-0.2, 0) is 0 Å². The Morgan fingerprint density at radius 2 is 1.86 bits per heavy atom. The Morgan fingerprint density at radius 1 is 1.10 bits per heavy atom. The van der Waals surface area contributed by atoms with Crippen molar-refractivity contribution in [3.63, 3.8) is 0 Å². The van der Waals surface area contributed by atoms with Crippen LogP contribution < -0.4 is 10.5 Å². The lowest BCUT2D eigenvalue weighted by Gasteiger charge is -2.20. The van der Waals surface area contributed by atoms with Crippen LogP contribution in [-0.4, -0.2) is 6.54 Å². The number of hydrogen-bond donors (Lipinski definition) is 1. The van der Waals surface area contributed by atoms with Gasteiger partial charge in [-0.15, -0.1) is 0 Å². The van der Waals surface area contributed by atoms with Crippen LogP contribution in [0, 0.1) is 12.7 Å². The standard InChI is InChI=1S/C18H22FNO/c1-14-10-11-16(13-17(14)19)21-18(9-5-6-12-20)15-7-3-2-4-8-15/h2-4,7-8,10-11,13,18H,5-6,9,12,20H2,1H3. The van der Waals surface area contributed by atoms with Crippen LogP contribution in [0.15, 0.2) is 48.5 Å². The molecule has 2 nitrogen and oxygen atoms in total. The second-order valence-corrected chi connectivity index (χ2v) is 5.21. The van der Waals surface area contributed by atoms with E-state index in [-0.39, 0.29) is 11.9 Å². The summed E-state index contributed by atoms with van der Waals surface area (Å²) in [5.41, 5.74) is 7.29. The zero-order valence-corrected chi connectivity index (χ0v) is 12.4. The summed E-state index contributed by atoms with van der Waals surface area (Å²) >= 11 is 0. The third-order valence-electron chi connectivity index (χ3n) is 3.51. The van der Waals surface area contributed by atoms with Crippen LogP contribution in [0.5, 0.6) is 5.75 Å². The minimum Gasteiger partial charge on any atom is -0.486 e. The molecule has 2 aromatic rings. The van der Waals surface area contributed by atoms with Gasteiger partial charge in [0.15, 0.2) is 0 Å². The van der Waals surface area contributed by atoms with E-state index in [2.05, 4.69) is 0 Å². The smallest absolute Gasteiger partial charge is 0.129 e. The summed E-state index contributed by atoms with van der Waals surface area (Å²) in [5.74, 6) is 0.334. The molecule has 2 rings (SSSR count). The van der Waals surface area contributed by atoms with Crippen molar-refractivity contribution < 1.29 is 9.13 Å². The van der Waals surface area contributed by atoms with Crippen LogP contribution in [0.2, 0.25) is 0 Å². The van der Waals surface area contributed by atoms with Crippen molar-refractivity contribution >= 4 is 0 Å². The molecule has 0 fully saturated rings. The molecule has 0 radical (unpaired) electrons. The number of rotatable bonds is 7. The Balaban J connectivity index is 2.13. The van der Waals surface area contributed by atoms with E-state index >= 15 is 0 Å². The molecule has 0 heterocycles. The molecule has 2 N–H and O–H groups in total. The molecule has 1 unspecified atom stereocenters. The highest BCUT2D eigenvalue weighted by atomic mass is 19.1. The maximum absolute atomic E-state index is 13.6. The topological polar surface area (TPSA) is 35.2 Å².